The van der Waals surface area contributed by atoms with Gasteiger partial charge in [-0.1, -0.05) is 11.6 Å². The highest BCUT2D eigenvalue weighted by molar-refractivity contribution is 5.80. The van der Waals surface area contributed by atoms with Crippen molar-refractivity contribution in [1.82, 2.24) is 4.98 Å². The van der Waals surface area contributed by atoms with Crippen LogP contribution in [0.25, 0.3) is 10.9 Å². The third-order valence-electron chi connectivity index (χ3n) is 2.28. The molecule has 2 heteroatoms. The topological polar surface area (TPSA) is 24.9 Å². The molecule has 1 aromatic carbocycles. The molecule has 2 nitrogen and oxygen atoms in total. The van der Waals surface area contributed by atoms with E-state index in [0.717, 1.165) is 11.3 Å². The van der Waals surface area contributed by atoms with Gasteiger partial charge in [-0.3, -0.25) is 0 Å². The number of nitrogens with zero attached hydrogens (tertiary/aromatic N) is 1. The summed E-state index contributed by atoms with van der Waals surface area (Å²) in [6, 6.07) is 10.9. The predicted molar refractivity (Wildman–Crippen MR) is 65.2 cm³/mol. The minimum absolute atomic E-state index is 0.417. The Bertz CT molecular complexity index is 475. The van der Waals surface area contributed by atoms with Crippen LogP contribution in [-0.4, -0.2) is 11.0 Å². The quantitative estimate of drug-likeness (QED) is 0.804. The van der Waals surface area contributed by atoms with Crippen molar-refractivity contribution in [3.8, 4) is 0 Å². The first kappa shape index (κ1) is 9.97. The summed E-state index contributed by atoms with van der Waals surface area (Å²) in [6.45, 7) is 6.32. The van der Waals surface area contributed by atoms with E-state index >= 15 is 0 Å². The van der Waals surface area contributed by atoms with Crippen LogP contribution < -0.4 is 5.32 Å². The fraction of sp³-hybridized carbons (Fsp3) is 0.308. The van der Waals surface area contributed by atoms with Crippen LogP contribution in [-0.2, 0) is 0 Å². The molecule has 15 heavy (non-hydrogen) atoms. The second kappa shape index (κ2) is 3.89. The van der Waals surface area contributed by atoms with Crippen molar-refractivity contribution < 1.29 is 0 Å². The summed E-state index contributed by atoms with van der Waals surface area (Å²) in [6.07, 6.45) is 0. The summed E-state index contributed by atoms with van der Waals surface area (Å²) in [5.41, 5.74) is 2.32. The van der Waals surface area contributed by atoms with E-state index in [4.69, 9.17) is 0 Å². The summed E-state index contributed by atoms with van der Waals surface area (Å²) in [5, 5.41) is 4.50. The number of aromatic nitrogens is 1. The monoisotopic (exact) mass is 200 g/mol. The van der Waals surface area contributed by atoms with E-state index in [1.165, 1.54) is 10.9 Å². The highest BCUT2D eigenvalue weighted by atomic mass is 15.0. The second-order valence-corrected chi connectivity index (χ2v) is 4.19. The molecule has 1 N–H and O–H groups in total. The minimum atomic E-state index is 0.417. The van der Waals surface area contributed by atoms with Crippen molar-refractivity contribution >= 4 is 16.7 Å². The molecule has 0 amide bonds. The van der Waals surface area contributed by atoms with Gasteiger partial charge in [-0.25, -0.2) is 4.98 Å². The van der Waals surface area contributed by atoms with Gasteiger partial charge in [0.1, 0.15) is 5.82 Å². The van der Waals surface area contributed by atoms with Gasteiger partial charge in [0.05, 0.1) is 5.52 Å². The number of anilines is 1. The highest BCUT2D eigenvalue weighted by Crippen LogP contribution is 2.16. The van der Waals surface area contributed by atoms with E-state index in [0.29, 0.717) is 6.04 Å². The maximum Gasteiger partial charge on any atom is 0.126 e. The van der Waals surface area contributed by atoms with Crippen LogP contribution in [0.4, 0.5) is 5.82 Å². The van der Waals surface area contributed by atoms with Crippen molar-refractivity contribution in [2.45, 2.75) is 26.8 Å². The van der Waals surface area contributed by atoms with Gasteiger partial charge in [-0.05, 0) is 45.0 Å². The molecule has 0 saturated carbocycles. The van der Waals surface area contributed by atoms with Gasteiger partial charge in [0.15, 0.2) is 0 Å². The molecule has 0 aliphatic carbocycles. The lowest BCUT2D eigenvalue weighted by molar-refractivity contribution is 0.891. The van der Waals surface area contributed by atoms with Gasteiger partial charge in [0.25, 0.3) is 0 Å². The molecule has 0 fully saturated rings. The van der Waals surface area contributed by atoms with Crippen molar-refractivity contribution in [3.05, 3.63) is 35.9 Å². The van der Waals surface area contributed by atoms with Crippen molar-refractivity contribution in [2.75, 3.05) is 5.32 Å². The summed E-state index contributed by atoms with van der Waals surface area (Å²) < 4.78 is 0. The van der Waals surface area contributed by atoms with Crippen molar-refractivity contribution in [1.29, 1.82) is 0 Å². The van der Waals surface area contributed by atoms with E-state index < -0.39 is 0 Å². The Kier molecular flexibility index (Phi) is 2.58. The highest BCUT2D eigenvalue weighted by Gasteiger charge is 1.99. The molecule has 0 aliphatic rings. The Morgan fingerprint density at radius 3 is 2.67 bits per heavy atom. The normalized spacial score (nSPS) is 10.9. The maximum absolute atomic E-state index is 4.55. The third kappa shape index (κ3) is 2.27. The largest absolute Gasteiger partial charge is 0.368 e. The van der Waals surface area contributed by atoms with Gasteiger partial charge in [-0.15, -0.1) is 0 Å². The van der Waals surface area contributed by atoms with Gasteiger partial charge >= 0.3 is 0 Å². The Labute approximate surface area is 90.3 Å². The first-order valence-corrected chi connectivity index (χ1v) is 5.29. The molecule has 78 valence electrons. The maximum atomic E-state index is 4.55. The number of pyridine rings is 1. The molecule has 0 saturated heterocycles. The number of hydrogen-bond acceptors (Lipinski definition) is 2. The van der Waals surface area contributed by atoms with E-state index in [1.54, 1.807) is 0 Å². The van der Waals surface area contributed by atoms with Gasteiger partial charge in [0.2, 0.25) is 0 Å². The summed E-state index contributed by atoms with van der Waals surface area (Å²) in [5.74, 6) is 0.946. The summed E-state index contributed by atoms with van der Waals surface area (Å²) in [4.78, 5) is 4.55. The zero-order valence-electron chi connectivity index (χ0n) is 9.41. The lowest BCUT2D eigenvalue weighted by atomic mass is 10.1. The summed E-state index contributed by atoms with van der Waals surface area (Å²) >= 11 is 0. The molecule has 0 radical (unpaired) electrons. The smallest absolute Gasteiger partial charge is 0.126 e. The molecule has 2 aromatic rings. The fourth-order valence-electron chi connectivity index (χ4n) is 1.62. The zero-order valence-corrected chi connectivity index (χ0v) is 9.41. The fourth-order valence-corrected chi connectivity index (χ4v) is 1.62. The number of aryl methyl sites for hydroxylation is 1. The molecular formula is C13H16N2. The van der Waals surface area contributed by atoms with Crippen molar-refractivity contribution in [2.24, 2.45) is 0 Å². The Morgan fingerprint density at radius 2 is 1.93 bits per heavy atom. The van der Waals surface area contributed by atoms with Crippen LogP contribution in [0.15, 0.2) is 30.3 Å². The molecule has 0 atom stereocenters. The lowest BCUT2D eigenvalue weighted by Gasteiger charge is -2.09. The average Bonchev–Trinajstić information content (AvgIpc) is 2.17. The third-order valence-corrected chi connectivity index (χ3v) is 2.28. The Morgan fingerprint density at radius 1 is 1.13 bits per heavy atom. The Hall–Kier alpha value is -1.57. The first-order valence-electron chi connectivity index (χ1n) is 5.29. The first-order chi connectivity index (χ1) is 7.15. The number of benzene rings is 1. The van der Waals surface area contributed by atoms with Crippen molar-refractivity contribution in [3.63, 3.8) is 0 Å². The van der Waals surface area contributed by atoms with E-state index in [-0.39, 0.29) is 0 Å². The Balaban J connectivity index is 2.43. The SMILES string of the molecule is Cc1ccc2nc(NC(C)C)ccc2c1. The summed E-state index contributed by atoms with van der Waals surface area (Å²) in [7, 11) is 0. The van der Waals surface area contributed by atoms with E-state index in [1.807, 2.05) is 6.07 Å². The number of rotatable bonds is 2. The molecule has 1 heterocycles. The molecular weight excluding hydrogens is 184 g/mol. The lowest BCUT2D eigenvalue weighted by Crippen LogP contribution is -2.10. The number of fused-ring (bicyclic) bond motifs is 1. The molecule has 0 bridgehead atoms. The van der Waals surface area contributed by atoms with E-state index in [2.05, 4.69) is 55.3 Å². The van der Waals surface area contributed by atoms with Crippen LogP contribution in [0.1, 0.15) is 19.4 Å². The standard InChI is InChI=1S/C13H16N2/c1-9(2)14-13-7-5-11-8-10(3)4-6-12(11)15-13/h4-9H,1-3H3,(H,14,15). The molecule has 2 rings (SSSR count). The van der Waals surface area contributed by atoms with E-state index in [9.17, 15) is 0 Å². The van der Waals surface area contributed by atoms with Crippen LogP contribution >= 0.6 is 0 Å². The predicted octanol–water partition coefficient (Wildman–Crippen LogP) is 3.36. The second-order valence-electron chi connectivity index (χ2n) is 4.19. The molecule has 0 aliphatic heterocycles. The van der Waals surface area contributed by atoms with Gasteiger partial charge < -0.3 is 5.32 Å². The van der Waals surface area contributed by atoms with Gasteiger partial charge in [-0.2, -0.15) is 0 Å². The van der Waals surface area contributed by atoms with Crippen LogP contribution in [0.3, 0.4) is 0 Å². The molecule has 0 spiro atoms. The van der Waals surface area contributed by atoms with Crippen LogP contribution in [0.5, 0.6) is 0 Å². The zero-order chi connectivity index (χ0) is 10.8. The van der Waals surface area contributed by atoms with Crippen LogP contribution in [0, 0.1) is 6.92 Å². The number of nitrogens with one attached hydrogen (secondary N) is 1. The van der Waals surface area contributed by atoms with Crippen LogP contribution in [0.2, 0.25) is 0 Å². The average molecular weight is 200 g/mol. The minimum Gasteiger partial charge on any atom is -0.368 e. The van der Waals surface area contributed by atoms with Gasteiger partial charge in [0, 0.05) is 11.4 Å². The molecule has 0 unspecified atom stereocenters. The number of hydrogen-bond donors (Lipinski definition) is 1. The molecule has 1 aromatic heterocycles.